The van der Waals surface area contributed by atoms with Crippen molar-refractivity contribution in [1.29, 1.82) is 0 Å². The van der Waals surface area contributed by atoms with E-state index in [-0.39, 0.29) is 5.69 Å². The van der Waals surface area contributed by atoms with Gasteiger partial charge in [0.15, 0.2) is 0 Å². The average Bonchev–Trinajstić information content (AvgIpc) is 2.35. The average molecular weight is 276 g/mol. The van der Waals surface area contributed by atoms with Crippen LogP contribution in [-0.4, -0.2) is 26.8 Å². The van der Waals surface area contributed by atoms with Crippen molar-refractivity contribution >= 4 is 15.7 Å². The Morgan fingerprint density at radius 3 is 2.78 bits per heavy atom. The van der Waals surface area contributed by atoms with Crippen molar-refractivity contribution < 1.29 is 17.2 Å². The molecule has 1 unspecified atom stereocenters. The van der Waals surface area contributed by atoms with Crippen molar-refractivity contribution in [2.75, 3.05) is 17.8 Å². The van der Waals surface area contributed by atoms with Crippen LogP contribution in [0.3, 0.4) is 0 Å². The van der Waals surface area contributed by atoms with E-state index in [9.17, 15) is 17.2 Å². The normalized spacial score (nSPS) is 20.7. The van der Waals surface area contributed by atoms with Crippen LogP contribution >= 0.6 is 0 Å². The molecule has 1 atom stereocenters. The van der Waals surface area contributed by atoms with Gasteiger partial charge in [0.25, 0.3) is 0 Å². The summed E-state index contributed by atoms with van der Waals surface area (Å²) in [5.41, 5.74) is -0.347. The Hall–Kier alpha value is -1.21. The van der Waals surface area contributed by atoms with Crippen LogP contribution in [0.4, 0.5) is 14.5 Å². The lowest BCUT2D eigenvalue weighted by molar-refractivity contribution is 0.499. The van der Waals surface area contributed by atoms with Gasteiger partial charge in [-0.25, -0.2) is 17.2 Å². The molecule has 1 heterocycles. The highest BCUT2D eigenvalue weighted by Gasteiger charge is 2.27. The highest BCUT2D eigenvalue weighted by Crippen LogP contribution is 2.20. The van der Waals surface area contributed by atoms with Crippen molar-refractivity contribution in [2.24, 2.45) is 0 Å². The molecule has 0 radical (unpaired) electrons. The van der Waals surface area contributed by atoms with Gasteiger partial charge in [-0.3, -0.25) is 4.72 Å². The zero-order chi connectivity index (χ0) is 13.2. The SMILES string of the molecule is O=S(=O)(Nc1cc(F)ccc1F)C1CCCNC1. The second-order valence-corrected chi connectivity index (χ2v) is 6.20. The summed E-state index contributed by atoms with van der Waals surface area (Å²) >= 11 is 0. The molecular formula is C11H14F2N2O2S. The van der Waals surface area contributed by atoms with E-state index < -0.39 is 26.9 Å². The first-order chi connectivity index (χ1) is 8.49. The molecule has 100 valence electrons. The molecule has 0 saturated carbocycles. The molecule has 1 saturated heterocycles. The number of hydrogen-bond donors (Lipinski definition) is 2. The van der Waals surface area contributed by atoms with Crippen molar-refractivity contribution in [3.63, 3.8) is 0 Å². The summed E-state index contributed by atoms with van der Waals surface area (Å²) in [7, 11) is -3.69. The lowest BCUT2D eigenvalue weighted by Crippen LogP contribution is -2.41. The van der Waals surface area contributed by atoms with Gasteiger partial charge in [-0.1, -0.05) is 0 Å². The van der Waals surface area contributed by atoms with Gasteiger partial charge in [0.1, 0.15) is 11.6 Å². The zero-order valence-corrected chi connectivity index (χ0v) is 10.4. The van der Waals surface area contributed by atoms with E-state index in [1.54, 1.807) is 0 Å². The number of nitrogens with one attached hydrogen (secondary N) is 2. The largest absolute Gasteiger partial charge is 0.315 e. The predicted octanol–water partition coefficient (Wildman–Crippen LogP) is 1.46. The number of benzene rings is 1. The van der Waals surface area contributed by atoms with E-state index in [2.05, 4.69) is 10.0 Å². The molecule has 1 aromatic rings. The molecule has 1 aromatic carbocycles. The van der Waals surface area contributed by atoms with Gasteiger partial charge in [0, 0.05) is 12.6 Å². The third kappa shape index (κ3) is 2.97. The molecule has 0 spiro atoms. The Morgan fingerprint density at radius 1 is 1.33 bits per heavy atom. The van der Waals surface area contributed by atoms with Crippen LogP contribution in [-0.2, 0) is 10.0 Å². The van der Waals surface area contributed by atoms with Gasteiger partial charge in [-0.2, -0.15) is 0 Å². The third-order valence-electron chi connectivity index (χ3n) is 2.87. The van der Waals surface area contributed by atoms with Crippen molar-refractivity contribution in [1.82, 2.24) is 5.32 Å². The Morgan fingerprint density at radius 2 is 2.11 bits per heavy atom. The van der Waals surface area contributed by atoms with Crippen LogP contribution in [0.25, 0.3) is 0 Å². The highest BCUT2D eigenvalue weighted by molar-refractivity contribution is 7.93. The second kappa shape index (κ2) is 5.19. The Bertz CT molecular complexity index is 528. The Kier molecular flexibility index (Phi) is 3.82. The number of rotatable bonds is 3. The van der Waals surface area contributed by atoms with Gasteiger partial charge in [0.2, 0.25) is 10.0 Å². The standard InChI is InChI=1S/C11H14F2N2O2S/c12-8-3-4-10(13)11(6-8)15-18(16,17)9-2-1-5-14-7-9/h3-4,6,9,14-15H,1-2,5,7H2. The van der Waals surface area contributed by atoms with Gasteiger partial charge >= 0.3 is 0 Å². The molecule has 0 aliphatic carbocycles. The van der Waals surface area contributed by atoms with Crippen LogP contribution in [0.15, 0.2) is 18.2 Å². The number of halogens is 2. The fourth-order valence-corrected chi connectivity index (χ4v) is 3.34. The van der Waals surface area contributed by atoms with Gasteiger partial charge in [0.05, 0.1) is 10.9 Å². The molecule has 1 fully saturated rings. The predicted molar refractivity (Wildman–Crippen MR) is 64.8 cm³/mol. The summed E-state index contributed by atoms with van der Waals surface area (Å²) < 4.78 is 52.4. The monoisotopic (exact) mass is 276 g/mol. The lowest BCUT2D eigenvalue weighted by Gasteiger charge is -2.23. The van der Waals surface area contributed by atoms with Crippen molar-refractivity contribution in [3.8, 4) is 0 Å². The molecule has 1 aliphatic rings. The highest BCUT2D eigenvalue weighted by atomic mass is 32.2. The van der Waals surface area contributed by atoms with Gasteiger partial charge < -0.3 is 5.32 Å². The van der Waals surface area contributed by atoms with E-state index in [1.807, 2.05) is 0 Å². The first kappa shape index (κ1) is 13.2. The smallest absolute Gasteiger partial charge is 0.236 e. The third-order valence-corrected chi connectivity index (χ3v) is 4.66. The first-order valence-electron chi connectivity index (χ1n) is 5.66. The number of anilines is 1. The minimum atomic E-state index is -3.69. The van der Waals surface area contributed by atoms with E-state index in [0.29, 0.717) is 13.0 Å². The molecule has 0 amide bonds. The molecule has 18 heavy (non-hydrogen) atoms. The van der Waals surface area contributed by atoms with Crippen LogP contribution in [0.2, 0.25) is 0 Å². The van der Waals surface area contributed by atoms with E-state index >= 15 is 0 Å². The molecular weight excluding hydrogens is 262 g/mol. The lowest BCUT2D eigenvalue weighted by atomic mass is 10.2. The topological polar surface area (TPSA) is 58.2 Å². The molecule has 0 aromatic heterocycles. The fraction of sp³-hybridized carbons (Fsp3) is 0.455. The Balaban J connectivity index is 2.18. The Labute approximate surface area is 104 Å². The van der Waals surface area contributed by atoms with Crippen LogP contribution < -0.4 is 10.0 Å². The zero-order valence-electron chi connectivity index (χ0n) is 9.62. The van der Waals surface area contributed by atoms with Gasteiger partial charge in [-0.05, 0) is 31.5 Å². The van der Waals surface area contributed by atoms with Crippen LogP contribution in [0.5, 0.6) is 0 Å². The fourth-order valence-electron chi connectivity index (χ4n) is 1.90. The number of sulfonamides is 1. The molecule has 7 heteroatoms. The summed E-state index contributed by atoms with van der Waals surface area (Å²) in [5.74, 6) is -1.47. The van der Waals surface area contributed by atoms with E-state index in [4.69, 9.17) is 0 Å². The summed E-state index contributed by atoms with van der Waals surface area (Å²) in [6, 6.07) is 2.67. The van der Waals surface area contributed by atoms with Gasteiger partial charge in [-0.15, -0.1) is 0 Å². The van der Waals surface area contributed by atoms with Crippen molar-refractivity contribution in [3.05, 3.63) is 29.8 Å². The van der Waals surface area contributed by atoms with Crippen molar-refractivity contribution in [2.45, 2.75) is 18.1 Å². The maximum Gasteiger partial charge on any atom is 0.236 e. The van der Waals surface area contributed by atoms with Crippen LogP contribution in [0, 0.1) is 11.6 Å². The summed E-state index contributed by atoms with van der Waals surface area (Å²) in [6.07, 6.45) is 1.26. The number of hydrogen-bond acceptors (Lipinski definition) is 3. The molecule has 0 bridgehead atoms. The minimum absolute atomic E-state index is 0.326. The number of piperidine rings is 1. The van der Waals surface area contributed by atoms with E-state index in [0.717, 1.165) is 31.2 Å². The summed E-state index contributed by atoms with van der Waals surface area (Å²) in [5, 5.41) is 2.35. The second-order valence-electron chi connectivity index (χ2n) is 4.24. The molecule has 2 N–H and O–H groups in total. The minimum Gasteiger partial charge on any atom is -0.315 e. The molecule has 1 aliphatic heterocycles. The maximum absolute atomic E-state index is 13.4. The van der Waals surface area contributed by atoms with Crippen LogP contribution in [0.1, 0.15) is 12.8 Å². The summed E-state index contributed by atoms with van der Waals surface area (Å²) in [6.45, 7) is 1.10. The molecule has 4 nitrogen and oxygen atoms in total. The van der Waals surface area contributed by atoms with E-state index in [1.165, 1.54) is 0 Å². The first-order valence-corrected chi connectivity index (χ1v) is 7.21. The summed E-state index contributed by atoms with van der Waals surface area (Å²) in [4.78, 5) is 0. The quantitative estimate of drug-likeness (QED) is 0.878. The molecule has 2 rings (SSSR count). The maximum atomic E-state index is 13.4.